The molecule has 1 aliphatic carbocycles. The molecule has 0 aromatic heterocycles. The Kier molecular flexibility index (Phi) is 7.16. The summed E-state index contributed by atoms with van der Waals surface area (Å²) in [4.78, 5) is 12.1. The smallest absolute Gasteiger partial charge is 0.314 e. The SMILES string of the molecule is CCCC1C(CCOC)=CC=CC1(CCC(C)C)C(=O)O. The van der Waals surface area contributed by atoms with Crippen molar-refractivity contribution in [2.75, 3.05) is 13.7 Å². The van der Waals surface area contributed by atoms with Gasteiger partial charge in [-0.25, -0.2) is 0 Å². The zero-order valence-corrected chi connectivity index (χ0v) is 13.9. The fourth-order valence-electron chi connectivity index (χ4n) is 3.23. The Morgan fingerprint density at radius 2 is 2.19 bits per heavy atom. The topological polar surface area (TPSA) is 46.5 Å². The van der Waals surface area contributed by atoms with Crippen LogP contribution >= 0.6 is 0 Å². The monoisotopic (exact) mass is 294 g/mol. The molecule has 3 heteroatoms. The highest BCUT2D eigenvalue weighted by atomic mass is 16.5. The highest BCUT2D eigenvalue weighted by molar-refractivity contribution is 5.79. The number of aliphatic carboxylic acids is 1. The molecule has 0 aromatic rings. The molecule has 0 amide bonds. The lowest BCUT2D eigenvalue weighted by atomic mass is 9.64. The molecule has 1 aliphatic rings. The lowest BCUT2D eigenvalue weighted by molar-refractivity contribution is -0.149. The lowest BCUT2D eigenvalue weighted by Crippen LogP contribution is -2.40. The summed E-state index contributed by atoms with van der Waals surface area (Å²) in [6.07, 6.45) is 10.3. The van der Waals surface area contributed by atoms with Crippen molar-refractivity contribution in [2.45, 2.75) is 52.9 Å². The molecule has 0 spiro atoms. The maximum Gasteiger partial charge on any atom is 0.314 e. The van der Waals surface area contributed by atoms with Crippen molar-refractivity contribution in [3.63, 3.8) is 0 Å². The zero-order valence-electron chi connectivity index (χ0n) is 13.9. The van der Waals surface area contributed by atoms with Gasteiger partial charge in [-0.05, 0) is 37.5 Å². The largest absolute Gasteiger partial charge is 0.481 e. The van der Waals surface area contributed by atoms with Crippen LogP contribution in [0, 0.1) is 17.3 Å². The van der Waals surface area contributed by atoms with Gasteiger partial charge >= 0.3 is 5.97 Å². The molecule has 0 radical (unpaired) electrons. The first-order chi connectivity index (χ1) is 9.97. The van der Waals surface area contributed by atoms with Crippen molar-refractivity contribution in [3.05, 3.63) is 23.8 Å². The van der Waals surface area contributed by atoms with Gasteiger partial charge in [0.15, 0.2) is 0 Å². The van der Waals surface area contributed by atoms with Crippen LogP contribution in [0.15, 0.2) is 23.8 Å². The summed E-state index contributed by atoms with van der Waals surface area (Å²) in [6.45, 7) is 7.08. The summed E-state index contributed by atoms with van der Waals surface area (Å²) in [6, 6.07) is 0. The summed E-state index contributed by atoms with van der Waals surface area (Å²) >= 11 is 0. The first kappa shape index (κ1) is 18.0. The van der Waals surface area contributed by atoms with Crippen molar-refractivity contribution < 1.29 is 14.6 Å². The Labute approximate surface area is 129 Å². The second-order valence-corrected chi connectivity index (χ2v) is 6.46. The minimum Gasteiger partial charge on any atom is -0.481 e. The van der Waals surface area contributed by atoms with Crippen LogP contribution in [0.1, 0.15) is 52.9 Å². The number of carbonyl (C=O) groups is 1. The van der Waals surface area contributed by atoms with E-state index in [0.717, 1.165) is 25.7 Å². The van der Waals surface area contributed by atoms with Crippen molar-refractivity contribution in [3.8, 4) is 0 Å². The van der Waals surface area contributed by atoms with Gasteiger partial charge in [0.2, 0.25) is 0 Å². The average Bonchev–Trinajstić information content (AvgIpc) is 2.44. The van der Waals surface area contributed by atoms with E-state index in [-0.39, 0.29) is 5.92 Å². The predicted molar refractivity (Wildman–Crippen MR) is 86.3 cm³/mol. The van der Waals surface area contributed by atoms with Crippen molar-refractivity contribution in [1.29, 1.82) is 0 Å². The van der Waals surface area contributed by atoms with E-state index in [2.05, 4.69) is 26.8 Å². The molecule has 3 nitrogen and oxygen atoms in total. The maximum absolute atomic E-state index is 12.1. The molecule has 120 valence electrons. The molecular formula is C18H30O3. The highest BCUT2D eigenvalue weighted by Crippen LogP contribution is 2.46. The molecule has 0 heterocycles. The fraction of sp³-hybridized carbons (Fsp3) is 0.722. The van der Waals surface area contributed by atoms with E-state index < -0.39 is 11.4 Å². The average molecular weight is 294 g/mol. The Hall–Kier alpha value is -1.09. The Balaban J connectivity index is 3.05. The number of ether oxygens (including phenoxy) is 1. The highest BCUT2D eigenvalue weighted by Gasteiger charge is 2.45. The number of allylic oxidation sites excluding steroid dienone is 2. The van der Waals surface area contributed by atoms with Crippen molar-refractivity contribution in [2.24, 2.45) is 17.3 Å². The first-order valence-corrected chi connectivity index (χ1v) is 8.08. The third kappa shape index (κ3) is 4.44. The molecule has 0 fully saturated rings. The quantitative estimate of drug-likeness (QED) is 0.683. The van der Waals surface area contributed by atoms with Crippen LogP contribution in [0.5, 0.6) is 0 Å². The van der Waals surface area contributed by atoms with Gasteiger partial charge in [-0.15, -0.1) is 0 Å². The van der Waals surface area contributed by atoms with E-state index in [4.69, 9.17) is 4.74 Å². The van der Waals surface area contributed by atoms with E-state index in [1.165, 1.54) is 5.57 Å². The third-order valence-electron chi connectivity index (χ3n) is 4.48. The van der Waals surface area contributed by atoms with Crippen molar-refractivity contribution >= 4 is 5.97 Å². The van der Waals surface area contributed by atoms with Crippen LogP contribution < -0.4 is 0 Å². The van der Waals surface area contributed by atoms with Gasteiger partial charge in [0.1, 0.15) is 0 Å². The van der Waals surface area contributed by atoms with E-state index in [1.807, 2.05) is 12.2 Å². The molecule has 0 bridgehead atoms. The minimum absolute atomic E-state index is 0.0962. The van der Waals surface area contributed by atoms with E-state index in [0.29, 0.717) is 18.9 Å². The molecule has 2 atom stereocenters. The standard InChI is InChI=1S/C18H30O3/c1-5-7-16-15(10-13-21-4)8-6-11-18(16,17(19)20)12-9-14(2)3/h6,8,11,14,16H,5,7,9-10,12-13H2,1-4H3,(H,19,20). The van der Waals surface area contributed by atoms with Crippen LogP contribution in [0.2, 0.25) is 0 Å². The van der Waals surface area contributed by atoms with Gasteiger partial charge in [-0.1, -0.05) is 51.0 Å². The third-order valence-corrected chi connectivity index (χ3v) is 4.48. The molecule has 0 saturated heterocycles. The summed E-state index contributed by atoms with van der Waals surface area (Å²) in [5, 5.41) is 9.93. The van der Waals surface area contributed by atoms with Gasteiger partial charge in [0, 0.05) is 13.7 Å². The second-order valence-electron chi connectivity index (χ2n) is 6.46. The fourth-order valence-corrected chi connectivity index (χ4v) is 3.23. The van der Waals surface area contributed by atoms with Crippen LogP contribution in [0.4, 0.5) is 0 Å². The summed E-state index contributed by atoms with van der Waals surface area (Å²) in [5.41, 5.74) is 0.491. The van der Waals surface area contributed by atoms with Crippen LogP contribution in [0.3, 0.4) is 0 Å². The van der Waals surface area contributed by atoms with Gasteiger partial charge < -0.3 is 9.84 Å². The normalized spacial score (nSPS) is 25.2. The summed E-state index contributed by atoms with van der Waals surface area (Å²) < 4.78 is 5.19. The number of hydrogen-bond donors (Lipinski definition) is 1. The van der Waals surface area contributed by atoms with Gasteiger partial charge in [0.05, 0.1) is 5.41 Å². The lowest BCUT2D eigenvalue weighted by Gasteiger charge is -2.39. The van der Waals surface area contributed by atoms with E-state index in [1.54, 1.807) is 7.11 Å². The van der Waals surface area contributed by atoms with E-state index >= 15 is 0 Å². The molecule has 21 heavy (non-hydrogen) atoms. The van der Waals surface area contributed by atoms with Gasteiger partial charge in [-0.2, -0.15) is 0 Å². The Bertz CT molecular complexity index is 395. The van der Waals surface area contributed by atoms with Crippen molar-refractivity contribution in [1.82, 2.24) is 0 Å². The second kappa shape index (κ2) is 8.38. The Morgan fingerprint density at radius 1 is 1.48 bits per heavy atom. The van der Waals surface area contributed by atoms with Crippen LogP contribution in [0.25, 0.3) is 0 Å². The Morgan fingerprint density at radius 3 is 2.71 bits per heavy atom. The predicted octanol–water partition coefficient (Wildman–Crippen LogP) is 4.44. The maximum atomic E-state index is 12.1. The van der Waals surface area contributed by atoms with E-state index in [9.17, 15) is 9.90 Å². The zero-order chi connectivity index (χ0) is 15.9. The van der Waals surface area contributed by atoms with Gasteiger partial charge in [-0.3, -0.25) is 4.79 Å². The molecule has 2 unspecified atom stereocenters. The van der Waals surface area contributed by atoms with Crippen LogP contribution in [-0.4, -0.2) is 24.8 Å². The van der Waals surface area contributed by atoms with Crippen LogP contribution in [-0.2, 0) is 9.53 Å². The summed E-state index contributed by atoms with van der Waals surface area (Å²) in [5.74, 6) is -0.0648. The number of rotatable bonds is 9. The first-order valence-electron chi connectivity index (χ1n) is 8.08. The molecule has 0 aliphatic heterocycles. The molecule has 0 aromatic carbocycles. The number of carboxylic acids is 1. The number of methoxy groups -OCH3 is 1. The van der Waals surface area contributed by atoms with Gasteiger partial charge in [0.25, 0.3) is 0 Å². The molecule has 0 saturated carbocycles. The molecular weight excluding hydrogens is 264 g/mol. The molecule has 1 N–H and O–H groups in total. The molecule has 1 rings (SSSR count). The number of carboxylic acid groups (broad SMARTS) is 1. The minimum atomic E-state index is -0.738. The number of hydrogen-bond acceptors (Lipinski definition) is 2. The summed E-state index contributed by atoms with van der Waals surface area (Å²) in [7, 11) is 1.69.